The molecule has 0 radical (unpaired) electrons. The Hall–Kier alpha value is -1.22. The molecule has 1 atom stereocenters. The quantitative estimate of drug-likeness (QED) is 0.797. The van der Waals surface area contributed by atoms with Crippen molar-refractivity contribution in [2.24, 2.45) is 0 Å². The van der Waals surface area contributed by atoms with Crippen molar-refractivity contribution in [1.82, 2.24) is 0 Å². The van der Waals surface area contributed by atoms with E-state index in [1.165, 1.54) is 12.8 Å². The third-order valence-electron chi connectivity index (χ3n) is 3.07. The van der Waals surface area contributed by atoms with Gasteiger partial charge in [-0.1, -0.05) is 6.07 Å². The number of anilines is 1. The van der Waals surface area contributed by atoms with E-state index in [9.17, 15) is 0 Å². The second kappa shape index (κ2) is 5.21. The lowest BCUT2D eigenvalue weighted by Crippen LogP contribution is -2.21. The van der Waals surface area contributed by atoms with Crippen molar-refractivity contribution in [2.45, 2.75) is 31.8 Å². The van der Waals surface area contributed by atoms with E-state index in [-0.39, 0.29) is 0 Å². The molecule has 1 heterocycles. The Bertz CT molecular complexity index is 346. The van der Waals surface area contributed by atoms with E-state index in [1.807, 2.05) is 18.2 Å². The van der Waals surface area contributed by atoms with Crippen LogP contribution in [0, 0.1) is 0 Å². The van der Waals surface area contributed by atoms with Gasteiger partial charge in [-0.05, 0) is 30.9 Å². The maximum absolute atomic E-state index is 5.98. The van der Waals surface area contributed by atoms with E-state index in [2.05, 4.69) is 0 Å². The largest absolute Gasteiger partial charge is 0.497 e. The van der Waals surface area contributed by atoms with Crippen molar-refractivity contribution in [3.05, 3.63) is 23.8 Å². The summed E-state index contributed by atoms with van der Waals surface area (Å²) < 4.78 is 10.8. The number of hydrogen-bond acceptors (Lipinski definition) is 3. The molecule has 3 nitrogen and oxygen atoms in total. The predicted octanol–water partition coefficient (Wildman–Crippen LogP) is 2.39. The summed E-state index contributed by atoms with van der Waals surface area (Å²) in [7, 11) is 1.65. The molecule has 1 aromatic rings. The first-order valence-corrected chi connectivity index (χ1v) is 5.83. The number of benzene rings is 1. The Morgan fingerprint density at radius 1 is 1.44 bits per heavy atom. The number of nitrogen functional groups attached to an aromatic ring is 1. The van der Waals surface area contributed by atoms with Crippen LogP contribution < -0.4 is 10.5 Å². The van der Waals surface area contributed by atoms with Crippen molar-refractivity contribution >= 4 is 5.69 Å². The van der Waals surface area contributed by atoms with Crippen LogP contribution in [0.5, 0.6) is 5.75 Å². The highest BCUT2D eigenvalue weighted by atomic mass is 16.5. The summed E-state index contributed by atoms with van der Waals surface area (Å²) >= 11 is 0. The highest BCUT2D eigenvalue weighted by Gasteiger charge is 2.15. The number of methoxy groups -OCH3 is 1. The van der Waals surface area contributed by atoms with Gasteiger partial charge in [0, 0.05) is 24.8 Å². The van der Waals surface area contributed by atoms with Gasteiger partial charge in [-0.15, -0.1) is 0 Å². The van der Waals surface area contributed by atoms with Crippen LogP contribution in [0.1, 0.15) is 24.8 Å². The van der Waals surface area contributed by atoms with Crippen LogP contribution in [0.4, 0.5) is 5.69 Å². The molecule has 1 aliphatic heterocycles. The molecule has 0 spiro atoms. The fourth-order valence-electron chi connectivity index (χ4n) is 2.10. The fourth-order valence-corrected chi connectivity index (χ4v) is 2.10. The SMILES string of the molecule is COc1ccc(CC2CCCCO2)c(N)c1. The second-order valence-corrected chi connectivity index (χ2v) is 4.26. The molecule has 0 aromatic heterocycles. The minimum Gasteiger partial charge on any atom is -0.497 e. The summed E-state index contributed by atoms with van der Waals surface area (Å²) in [4.78, 5) is 0. The monoisotopic (exact) mass is 221 g/mol. The summed E-state index contributed by atoms with van der Waals surface area (Å²) in [6.07, 6.45) is 4.85. The molecule has 0 bridgehead atoms. The van der Waals surface area contributed by atoms with Crippen molar-refractivity contribution in [3.63, 3.8) is 0 Å². The maximum atomic E-state index is 5.98. The predicted molar refractivity (Wildman–Crippen MR) is 64.7 cm³/mol. The third kappa shape index (κ3) is 2.67. The van der Waals surface area contributed by atoms with Gasteiger partial charge in [0.15, 0.2) is 0 Å². The molecule has 1 unspecified atom stereocenters. The fraction of sp³-hybridized carbons (Fsp3) is 0.538. The summed E-state index contributed by atoms with van der Waals surface area (Å²) in [6, 6.07) is 5.86. The lowest BCUT2D eigenvalue weighted by molar-refractivity contribution is 0.0169. The topological polar surface area (TPSA) is 44.5 Å². The van der Waals surface area contributed by atoms with Gasteiger partial charge in [0.2, 0.25) is 0 Å². The molecular formula is C13H19NO2. The molecule has 1 fully saturated rings. The highest BCUT2D eigenvalue weighted by Crippen LogP contribution is 2.24. The zero-order chi connectivity index (χ0) is 11.4. The minimum atomic E-state index is 0.337. The Morgan fingerprint density at radius 3 is 2.94 bits per heavy atom. The van der Waals surface area contributed by atoms with E-state index in [0.717, 1.165) is 36.4 Å². The number of nitrogens with two attached hydrogens (primary N) is 1. The van der Waals surface area contributed by atoms with E-state index >= 15 is 0 Å². The summed E-state index contributed by atoms with van der Waals surface area (Å²) in [5.74, 6) is 0.811. The van der Waals surface area contributed by atoms with Crippen LogP contribution in [-0.4, -0.2) is 19.8 Å². The highest BCUT2D eigenvalue weighted by molar-refractivity contribution is 5.51. The molecular weight excluding hydrogens is 202 g/mol. The maximum Gasteiger partial charge on any atom is 0.120 e. The van der Waals surface area contributed by atoms with Gasteiger partial charge >= 0.3 is 0 Å². The first kappa shape index (κ1) is 11.3. The molecule has 16 heavy (non-hydrogen) atoms. The molecule has 0 amide bonds. The normalized spacial score (nSPS) is 20.7. The summed E-state index contributed by atoms with van der Waals surface area (Å²) in [5, 5.41) is 0. The van der Waals surface area contributed by atoms with Gasteiger partial charge in [-0.2, -0.15) is 0 Å². The molecule has 1 saturated heterocycles. The molecule has 1 aromatic carbocycles. The van der Waals surface area contributed by atoms with E-state index in [4.69, 9.17) is 15.2 Å². The molecule has 3 heteroatoms. The Labute approximate surface area is 96.5 Å². The lowest BCUT2D eigenvalue weighted by atomic mass is 10.00. The lowest BCUT2D eigenvalue weighted by Gasteiger charge is -2.23. The average molecular weight is 221 g/mol. The Morgan fingerprint density at radius 2 is 2.31 bits per heavy atom. The molecule has 2 N–H and O–H groups in total. The molecule has 88 valence electrons. The van der Waals surface area contributed by atoms with Gasteiger partial charge in [-0.25, -0.2) is 0 Å². The molecule has 0 aliphatic carbocycles. The van der Waals surface area contributed by atoms with Crippen LogP contribution in [0.25, 0.3) is 0 Å². The third-order valence-corrected chi connectivity index (χ3v) is 3.07. The van der Waals surface area contributed by atoms with Crippen LogP contribution in [0.15, 0.2) is 18.2 Å². The van der Waals surface area contributed by atoms with E-state index in [1.54, 1.807) is 7.11 Å². The van der Waals surface area contributed by atoms with Crippen LogP contribution in [0.3, 0.4) is 0 Å². The first-order valence-electron chi connectivity index (χ1n) is 5.83. The van der Waals surface area contributed by atoms with E-state index in [0.29, 0.717) is 6.10 Å². The molecule has 0 saturated carbocycles. The van der Waals surface area contributed by atoms with Crippen molar-refractivity contribution in [2.75, 3.05) is 19.5 Å². The van der Waals surface area contributed by atoms with Crippen molar-refractivity contribution in [1.29, 1.82) is 0 Å². The first-order chi connectivity index (χ1) is 7.79. The average Bonchev–Trinajstić information content (AvgIpc) is 2.33. The smallest absolute Gasteiger partial charge is 0.120 e. The van der Waals surface area contributed by atoms with Gasteiger partial charge in [0.05, 0.1) is 13.2 Å². The van der Waals surface area contributed by atoms with Gasteiger partial charge in [-0.3, -0.25) is 0 Å². The zero-order valence-electron chi connectivity index (χ0n) is 9.74. The minimum absolute atomic E-state index is 0.337. The summed E-state index contributed by atoms with van der Waals surface area (Å²) in [6.45, 7) is 0.890. The second-order valence-electron chi connectivity index (χ2n) is 4.26. The Kier molecular flexibility index (Phi) is 3.67. The van der Waals surface area contributed by atoms with Crippen LogP contribution in [-0.2, 0) is 11.2 Å². The van der Waals surface area contributed by atoms with Crippen LogP contribution in [0.2, 0.25) is 0 Å². The van der Waals surface area contributed by atoms with Gasteiger partial charge < -0.3 is 15.2 Å². The standard InChI is InChI=1S/C13H19NO2/c1-15-11-6-5-10(13(14)9-11)8-12-4-2-3-7-16-12/h5-6,9,12H,2-4,7-8,14H2,1H3. The van der Waals surface area contributed by atoms with Crippen molar-refractivity contribution in [3.8, 4) is 5.75 Å². The van der Waals surface area contributed by atoms with Crippen molar-refractivity contribution < 1.29 is 9.47 Å². The van der Waals surface area contributed by atoms with Crippen LogP contribution >= 0.6 is 0 Å². The molecule has 1 aliphatic rings. The van der Waals surface area contributed by atoms with E-state index < -0.39 is 0 Å². The zero-order valence-corrected chi connectivity index (χ0v) is 9.74. The van der Waals surface area contributed by atoms with Gasteiger partial charge in [0.1, 0.15) is 5.75 Å². The Balaban J connectivity index is 2.03. The van der Waals surface area contributed by atoms with Gasteiger partial charge in [0.25, 0.3) is 0 Å². The number of ether oxygens (including phenoxy) is 2. The molecule has 2 rings (SSSR count). The number of hydrogen-bond donors (Lipinski definition) is 1. The number of rotatable bonds is 3. The summed E-state index contributed by atoms with van der Waals surface area (Å²) in [5.41, 5.74) is 7.94.